The van der Waals surface area contributed by atoms with E-state index in [9.17, 15) is 0 Å². The highest BCUT2D eigenvalue weighted by Crippen LogP contribution is 2.14. The SMILES string of the molecule is CCN(CCOCCO)CC(C)(C)CN. The molecule has 0 saturated heterocycles. The van der Waals surface area contributed by atoms with E-state index in [2.05, 4.69) is 25.7 Å². The molecule has 0 rings (SSSR count). The predicted molar refractivity (Wildman–Crippen MR) is 62.9 cm³/mol. The molecule has 0 amide bonds. The van der Waals surface area contributed by atoms with E-state index in [1.807, 2.05) is 0 Å². The van der Waals surface area contributed by atoms with Gasteiger partial charge < -0.3 is 20.5 Å². The molecule has 0 unspecified atom stereocenters. The van der Waals surface area contributed by atoms with Gasteiger partial charge in [0.15, 0.2) is 0 Å². The largest absolute Gasteiger partial charge is 0.394 e. The molecule has 0 atom stereocenters. The lowest BCUT2D eigenvalue weighted by Gasteiger charge is -2.30. The highest BCUT2D eigenvalue weighted by molar-refractivity contribution is 4.74. The molecular formula is C11H26N2O2. The van der Waals surface area contributed by atoms with E-state index < -0.39 is 0 Å². The third kappa shape index (κ3) is 7.73. The van der Waals surface area contributed by atoms with Gasteiger partial charge in [-0.2, -0.15) is 0 Å². The Kier molecular flexibility index (Phi) is 7.96. The van der Waals surface area contributed by atoms with Gasteiger partial charge in [-0.3, -0.25) is 0 Å². The van der Waals surface area contributed by atoms with Gasteiger partial charge in [0.25, 0.3) is 0 Å². The Bertz CT molecular complexity index is 152. The molecule has 4 nitrogen and oxygen atoms in total. The number of ether oxygens (including phenoxy) is 1. The van der Waals surface area contributed by atoms with E-state index in [-0.39, 0.29) is 12.0 Å². The molecule has 0 heterocycles. The second kappa shape index (κ2) is 8.05. The zero-order chi connectivity index (χ0) is 11.7. The molecular weight excluding hydrogens is 192 g/mol. The molecule has 0 aromatic rings. The first kappa shape index (κ1) is 14.8. The van der Waals surface area contributed by atoms with E-state index in [1.165, 1.54) is 0 Å². The van der Waals surface area contributed by atoms with E-state index >= 15 is 0 Å². The third-order valence-corrected chi connectivity index (χ3v) is 2.44. The Morgan fingerprint density at radius 1 is 1.33 bits per heavy atom. The summed E-state index contributed by atoms with van der Waals surface area (Å²) in [6, 6.07) is 0. The maximum absolute atomic E-state index is 8.56. The van der Waals surface area contributed by atoms with Gasteiger partial charge in [0.05, 0.1) is 19.8 Å². The van der Waals surface area contributed by atoms with Crippen molar-refractivity contribution in [1.82, 2.24) is 4.90 Å². The van der Waals surface area contributed by atoms with Crippen LogP contribution in [0.15, 0.2) is 0 Å². The summed E-state index contributed by atoms with van der Waals surface area (Å²) in [4.78, 5) is 2.32. The van der Waals surface area contributed by atoms with Gasteiger partial charge >= 0.3 is 0 Å². The zero-order valence-corrected chi connectivity index (χ0v) is 10.3. The van der Waals surface area contributed by atoms with Crippen molar-refractivity contribution in [2.75, 3.05) is 46.0 Å². The Balaban J connectivity index is 3.72. The van der Waals surface area contributed by atoms with E-state index in [1.54, 1.807) is 0 Å². The van der Waals surface area contributed by atoms with Crippen molar-refractivity contribution in [3.05, 3.63) is 0 Å². The summed E-state index contributed by atoms with van der Waals surface area (Å²) in [5.74, 6) is 0. The number of nitrogens with two attached hydrogens (primary N) is 1. The third-order valence-electron chi connectivity index (χ3n) is 2.44. The molecule has 0 spiro atoms. The Hall–Kier alpha value is -0.160. The molecule has 0 bridgehead atoms. The van der Waals surface area contributed by atoms with Crippen molar-refractivity contribution in [2.24, 2.45) is 11.1 Å². The van der Waals surface area contributed by atoms with Crippen LogP contribution < -0.4 is 5.73 Å². The molecule has 0 aliphatic carbocycles. The molecule has 15 heavy (non-hydrogen) atoms. The van der Waals surface area contributed by atoms with Gasteiger partial charge in [0, 0.05) is 13.1 Å². The van der Waals surface area contributed by atoms with Gasteiger partial charge in [-0.15, -0.1) is 0 Å². The summed E-state index contributed by atoms with van der Waals surface area (Å²) in [5, 5.41) is 8.56. The van der Waals surface area contributed by atoms with Crippen LogP contribution in [0.5, 0.6) is 0 Å². The first-order chi connectivity index (χ1) is 7.05. The van der Waals surface area contributed by atoms with Crippen molar-refractivity contribution in [3.8, 4) is 0 Å². The topological polar surface area (TPSA) is 58.7 Å². The van der Waals surface area contributed by atoms with Crippen LogP contribution >= 0.6 is 0 Å². The number of likely N-dealkylation sites (N-methyl/N-ethyl adjacent to an activating group) is 1. The van der Waals surface area contributed by atoms with Gasteiger partial charge in [0.1, 0.15) is 0 Å². The summed E-state index contributed by atoms with van der Waals surface area (Å²) in [5.41, 5.74) is 5.85. The predicted octanol–water partition coefficient (Wildman–Crippen LogP) is 0.302. The monoisotopic (exact) mass is 218 g/mol. The molecule has 92 valence electrons. The first-order valence-corrected chi connectivity index (χ1v) is 5.66. The smallest absolute Gasteiger partial charge is 0.0698 e. The van der Waals surface area contributed by atoms with Gasteiger partial charge in [-0.25, -0.2) is 0 Å². The Morgan fingerprint density at radius 3 is 2.47 bits per heavy atom. The van der Waals surface area contributed by atoms with E-state index in [0.29, 0.717) is 19.8 Å². The van der Waals surface area contributed by atoms with Crippen molar-refractivity contribution in [2.45, 2.75) is 20.8 Å². The maximum Gasteiger partial charge on any atom is 0.0698 e. The van der Waals surface area contributed by atoms with Crippen LogP contribution in [0.25, 0.3) is 0 Å². The van der Waals surface area contributed by atoms with Gasteiger partial charge in [0.2, 0.25) is 0 Å². The summed E-state index contributed by atoms with van der Waals surface area (Å²) in [6.07, 6.45) is 0. The fourth-order valence-corrected chi connectivity index (χ4v) is 1.38. The van der Waals surface area contributed by atoms with Gasteiger partial charge in [-0.1, -0.05) is 20.8 Å². The quantitative estimate of drug-likeness (QED) is 0.547. The molecule has 0 fully saturated rings. The van der Waals surface area contributed by atoms with Crippen LogP contribution in [0.3, 0.4) is 0 Å². The van der Waals surface area contributed by atoms with Crippen LogP contribution in [0, 0.1) is 5.41 Å². The van der Waals surface area contributed by atoms with Crippen molar-refractivity contribution < 1.29 is 9.84 Å². The number of aliphatic hydroxyl groups is 1. The minimum Gasteiger partial charge on any atom is -0.394 e. The van der Waals surface area contributed by atoms with Crippen LogP contribution in [0.1, 0.15) is 20.8 Å². The van der Waals surface area contributed by atoms with E-state index in [0.717, 1.165) is 19.6 Å². The molecule has 0 aliphatic heterocycles. The summed E-state index contributed by atoms with van der Waals surface area (Å²) >= 11 is 0. The average molecular weight is 218 g/mol. The van der Waals surface area contributed by atoms with Gasteiger partial charge in [-0.05, 0) is 18.5 Å². The second-order valence-electron chi connectivity index (χ2n) is 4.57. The fourth-order valence-electron chi connectivity index (χ4n) is 1.38. The van der Waals surface area contributed by atoms with Crippen molar-refractivity contribution in [3.63, 3.8) is 0 Å². The lowest BCUT2D eigenvalue weighted by molar-refractivity contribution is 0.0665. The normalized spacial score (nSPS) is 12.4. The number of hydrogen-bond acceptors (Lipinski definition) is 4. The minimum absolute atomic E-state index is 0.0976. The second-order valence-corrected chi connectivity index (χ2v) is 4.57. The number of rotatable bonds is 9. The molecule has 0 saturated carbocycles. The molecule has 0 aromatic heterocycles. The van der Waals surface area contributed by atoms with Crippen molar-refractivity contribution in [1.29, 1.82) is 0 Å². The summed E-state index contributed by atoms with van der Waals surface area (Å²) in [7, 11) is 0. The molecule has 0 aromatic carbocycles. The standard InChI is InChI=1S/C11H26N2O2/c1-4-13(5-7-15-8-6-14)10-11(2,3)9-12/h14H,4-10,12H2,1-3H3. The summed E-state index contributed by atoms with van der Waals surface area (Å²) < 4.78 is 5.24. The van der Waals surface area contributed by atoms with Crippen molar-refractivity contribution >= 4 is 0 Å². The summed E-state index contributed by atoms with van der Waals surface area (Å²) in [6.45, 7) is 11.3. The fraction of sp³-hybridized carbons (Fsp3) is 1.00. The zero-order valence-electron chi connectivity index (χ0n) is 10.3. The lowest BCUT2D eigenvalue weighted by atomic mass is 9.93. The maximum atomic E-state index is 8.56. The Morgan fingerprint density at radius 2 is 2.00 bits per heavy atom. The van der Waals surface area contributed by atoms with Crippen LogP contribution in [-0.2, 0) is 4.74 Å². The molecule has 0 radical (unpaired) electrons. The number of nitrogens with zero attached hydrogens (tertiary/aromatic N) is 1. The highest BCUT2D eigenvalue weighted by Gasteiger charge is 2.18. The van der Waals surface area contributed by atoms with Crippen LogP contribution in [0.4, 0.5) is 0 Å². The van der Waals surface area contributed by atoms with E-state index in [4.69, 9.17) is 15.6 Å². The average Bonchev–Trinajstić information content (AvgIpc) is 2.22. The van der Waals surface area contributed by atoms with Crippen LogP contribution in [-0.4, -0.2) is 56.0 Å². The van der Waals surface area contributed by atoms with Crippen LogP contribution in [0.2, 0.25) is 0 Å². The highest BCUT2D eigenvalue weighted by atomic mass is 16.5. The lowest BCUT2D eigenvalue weighted by Crippen LogP contribution is -2.40. The first-order valence-electron chi connectivity index (χ1n) is 5.66. The molecule has 4 heteroatoms. The minimum atomic E-state index is 0.0976. The molecule has 0 aliphatic rings. The Labute approximate surface area is 93.4 Å². The number of hydrogen-bond donors (Lipinski definition) is 2. The number of aliphatic hydroxyl groups excluding tert-OH is 1. The molecule has 3 N–H and O–H groups in total.